The van der Waals surface area contributed by atoms with Crippen LogP contribution in [0.3, 0.4) is 0 Å². The second-order valence-electron chi connectivity index (χ2n) is 21.5. The molecule has 0 atom stereocenters. The predicted octanol–water partition coefficient (Wildman–Crippen LogP) is 11.6. The summed E-state index contributed by atoms with van der Waals surface area (Å²) in [6.45, 7) is 21.3. The van der Waals surface area contributed by atoms with E-state index in [1.54, 1.807) is 24.3 Å². The lowest BCUT2D eigenvalue weighted by Crippen LogP contribution is -2.35. The van der Waals surface area contributed by atoms with Gasteiger partial charge in [0.25, 0.3) is 0 Å². The number of carboxylic acid groups (broad SMARTS) is 1. The number of fused-ring (bicyclic) bond motifs is 3. The summed E-state index contributed by atoms with van der Waals surface area (Å²) >= 11 is 2.35. The summed E-state index contributed by atoms with van der Waals surface area (Å²) in [6.07, 6.45) is 18.3. The molecule has 3 aromatic carbocycles. The highest BCUT2D eigenvalue weighted by atomic mass is 127. The minimum atomic E-state index is -1.00. The van der Waals surface area contributed by atoms with Crippen LogP contribution in [0.5, 0.6) is 0 Å². The molecule has 5 aliphatic rings. The van der Waals surface area contributed by atoms with Gasteiger partial charge < -0.3 is 20.2 Å². The second kappa shape index (κ2) is 20.0. The van der Waals surface area contributed by atoms with Crippen molar-refractivity contribution in [3.05, 3.63) is 138 Å². The van der Waals surface area contributed by atoms with Gasteiger partial charge in [0, 0.05) is 97.5 Å². The lowest BCUT2D eigenvalue weighted by molar-refractivity contribution is -0.438. The summed E-state index contributed by atoms with van der Waals surface area (Å²) in [7, 11) is 0. The van der Waals surface area contributed by atoms with E-state index in [0.717, 1.165) is 113 Å². The molecule has 368 valence electrons. The summed E-state index contributed by atoms with van der Waals surface area (Å²) in [5.41, 5.74) is 8.29. The molecular formula is C60H70IN3O6. The number of hydrogen-bond donors (Lipinski definition) is 1. The Balaban J connectivity index is 1.14. The van der Waals surface area contributed by atoms with Crippen LogP contribution in [0, 0.1) is 3.57 Å². The van der Waals surface area contributed by atoms with Gasteiger partial charge in [-0.05, 0) is 129 Å². The summed E-state index contributed by atoms with van der Waals surface area (Å²) in [6, 6.07) is 17.5. The van der Waals surface area contributed by atoms with Gasteiger partial charge in [-0.1, -0.05) is 91.1 Å². The van der Waals surface area contributed by atoms with Crippen molar-refractivity contribution in [1.29, 1.82) is 0 Å². The van der Waals surface area contributed by atoms with E-state index in [1.807, 2.05) is 44.2 Å². The summed E-state index contributed by atoms with van der Waals surface area (Å²) in [4.78, 5) is 42.7. The number of rotatable bonds is 20. The van der Waals surface area contributed by atoms with Crippen LogP contribution >= 0.6 is 22.6 Å². The Morgan fingerprint density at radius 1 is 0.629 bits per heavy atom. The first kappa shape index (κ1) is 51.0. The number of carbonyl (C=O) groups excluding carboxylic acids is 2. The van der Waals surface area contributed by atoms with Crippen LogP contribution in [-0.2, 0) is 25.8 Å². The molecule has 0 amide bonds. The Morgan fingerprint density at radius 3 is 1.71 bits per heavy atom. The Labute approximate surface area is 428 Å². The van der Waals surface area contributed by atoms with E-state index in [-0.39, 0.29) is 50.9 Å². The molecule has 70 heavy (non-hydrogen) atoms. The minimum Gasteiger partial charge on any atom is -0.871 e. The van der Waals surface area contributed by atoms with Crippen LogP contribution in [-0.4, -0.2) is 62.9 Å². The number of carbonyl (C=O) groups is 3. The Hall–Kier alpha value is -5.36. The maximum absolute atomic E-state index is 14.3. The highest BCUT2D eigenvalue weighted by Gasteiger charge is 2.49. The molecule has 0 fully saturated rings. The molecule has 1 N–H and O–H groups in total. The zero-order chi connectivity index (χ0) is 50.4. The first-order valence-corrected chi connectivity index (χ1v) is 26.9. The fourth-order valence-electron chi connectivity index (χ4n) is 11.4. The molecule has 0 bridgehead atoms. The average Bonchev–Trinajstić information content (AvgIpc) is 3.77. The third-order valence-electron chi connectivity index (χ3n) is 15.6. The van der Waals surface area contributed by atoms with Crippen molar-refractivity contribution in [3.8, 4) is 0 Å². The third-order valence-corrected chi connectivity index (χ3v) is 16.3. The third kappa shape index (κ3) is 8.89. The number of ketones is 2. The smallest absolute Gasteiger partial charge is 0.335 e. The molecule has 10 heteroatoms. The van der Waals surface area contributed by atoms with E-state index in [2.05, 4.69) is 103 Å². The number of Topliss-reactive ketones (excluding diaryl/α,β-unsaturated/α-hetero) is 2. The number of anilines is 1. The number of nitrogens with zero attached hydrogens (tertiary/aromatic N) is 3. The molecule has 0 unspecified atom stereocenters. The van der Waals surface area contributed by atoms with Crippen molar-refractivity contribution in [3.63, 3.8) is 0 Å². The maximum atomic E-state index is 14.3. The number of unbranched alkanes of at least 4 members (excludes halogenated alkanes) is 9. The quantitative estimate of drug-likeness (QED) is 0.0517. The van der Waals surface area contributed by atoms with Gasteiger partial charge in [-0.2, -0.15) is 9.15 Å². The zero-order valence-corrected chi connectivity index (χ0v) is 44.9. The van der Waals surface area contributed by atoms with Crippen molar-refractivity contribution >= 4 is 74.2 Å². The van der Waals surface area contributed by atoms with Crippen LogP contribution in [0.25, 0.3) is 5.57 Å². The van der Waals surface area contributed by atoms with Gasteiger partial charge in [0.15, 0.2) is 23.0 Å². The van der Waals surface area contributed by atoms with Crippen molar-refractivity contribution in [2.24, 2.45) is 0 Å². The van der Waals surface area contributed by atoms with Crippen molar-refractivity contribution in [1.82, 2.24) is 0 Å². The summed E-state index contributed by atoms with van der Waals surface area (Å²) < 4.78 is 5.70. The molecule has 8 rings (SSSR count). The van der Waals surface area contributed by atoms with Gasteiger partial charge in [0.05, 0.1) is 16.4 Å². The summed E-state index contributed by atoms with van der Waals surface area (Å²) in [5, 5.41) is 38.4. The normalized spacial score (nSPS) is 20.3. The van der Waals surface area contributed by atoms with Gasteiger partial charge in [-0.15, -0.1) is 0 Å². The van der Waals surface area contributed by atoms with Gasteiger partial charge >= 0.3 is 5.97 Å². The van der Waals surface area contributed by atoms with Gasteiger partial charge in [0.1, 0.15) is 13.1 Å². The van der Waals surface area contributed by atoms with Crippen LogP contribution in [0.4, 0.5) is 17.1 Å². The molecular weight excluding hydrogens is 986 g/mol. The molecule has 3 aliphatic heterocycles. The first-order valence-electron chi connectivity index (χ1n) is 25.8. The Morgan fingerprint density at radius 2 is 1.17 bits per heavy atom. The van der Waals surface area contributed by atoms with Crippen molar-refractivity contribution in [2.75, 3.05) is 24.5 Å². The molecule has 3 aromatic rings. The van der Waals surface area contributed by atoms with Crippen LogP contribution in [0.2, 0.25) is 0 Å². The zero-order valence-electron chi connectivity index (χ0n) is 42.7. The standard InChI is InChI=1S/C60H70IN3O6/c1-10-13-16-18-20-29-63-46-25-22-37(52-55(67)42(56(52)68)36-51-60(8,9)45-33-39(61)24-27-48(45)64(51)30-21-19-17-14-11-2)31-43(46)58(4,5)50(63)35-41-53(65)40(54(41)66)34-49-59(6,7)44-32-38(57(69)70)23-26-47(44)62(49)28-15-12-3/h22-27,31-36H,10-21,28-30H2,1-9H3,(H-2,65,66,67,68,69,70). The van der Waals surface area contributed by atoms with Crippen LogP contribution in [0.1, 0.15) is 172 Å². The van der Waals surface area contributed by atoms with E-state index < -0.39 is 22.2 Å². The average molecular weight is 1060 g/mol. The molecule has 0 aromatic heterocycles. The van der Waals surface area contributed by atoms with E-state index in [4.69, 9.17) is 0 Å². The van der Waals surface area contributed by atoms with E-state index >= 15 is 0 Å². The van der Waals surface area contributed by atoms with E-state index in [1.165, 1.54) is 24.8 Å². The molecule has 2 aliphatic carbocycles. The van der Waals surface area contributed by atoms with Crippen molar-refractivity contribution in [2.45, 2.75) is 156 Å². The predicted molar refractivity (Wildman–Crippen MR) is 286 cm³/mol. The molecule has 3 heterocycles. The first-order chi connectivity index (χ1) is 33.3. The Bertz CT molecular complexity index is 2920. The number of aromatic carboxylic acids is 1. The highest BCUT2D eigenvalue weighted by molar-refractivity contribution is 14.1. The van der Waals surface area contributed by atoms with Crippen LogP contribution < -0.4 is 15.1 Å². The number of allylic oxidation sites excluding steroid dienone is 8. The van der Waals surface area contributed by atoms with Crippen molar-refractivity contribution < 1.29 is 38.9 Å². The number of benzene rings is 3. The fourth-order valence-corrected chi connectivity index (χ4v) is 11.9. The fraction of sp³-hybridized carbons (Fsp3) is 0.450. The van der Waals surface area contributed by atoms with Gasteiger partial charge in [0.2, 0.25) is 11.4 Å². The molecule has 0 radical (unpaired) electrons. The van der Waals surface area contributed by atoms with Gasteiger partial charge in [-0.3, -0.25) is 9.59 Å². The Kier molecular flexibility index (Phi) is 14.6. The monoisotopic (exact) mass is 1060 g/mol. The molecule has 0 spiro atoms. The number of halogens is 1. The lowest BCUT2D eigenvalue weighted by atomic mass is 9.75. The topological polar surface area (TPSA) is 127 Å². The number of carboxylic acids is 1. The van der Waals surface area contributed by atoms with E-state index in [0.29, 0.717) is 18.7 Å². The van der Waals surface area contributed by atoms with Crippen LogP contribution in [0.15, 0.2) is 107 Å². The summed E-state index contributed by atoms with van der Waals surface area (Å²) in [5.74, 6) is -2.13. The maximum Gasteiger partial charge on any atom is 0.335 e. The largest absolute Gasteiger partial charge is 0.871 e. The second-order valence-corrected chi connectivity index (χ2v) is 22.7. The molecule has 9 nitrogen and oxygen atoms in total. The molecule has 0 saturated carbocycles. The highest BCUT2D eigenvalue weighted by Crippen LogP contribution is 2.50. The lowest BCUT2D eigenvalue weighted by Gasteiger charge is -2.33. The minimum absolute atomic E-state index is 0.125. The van der Waals surface area contributed by atoms with E-state index in [9.17, 15) is 29.7 Å². The van der Waals surface area contributed by atoms with Gasteiger partial charge in [-0.25, -0.2) is 4.79 Å². The molecule has 0 saturated heterocycles. The SMILES string of the molecule is CCCCCCC[N+]1=C(/C=C2\C(=O)C(c3ccc4c(c3)C(C)(C)C(/C=C3/C(=O)C(/C=C5/N(CCCC)c6ccc(C(=O)O)cc6C5(C)C)=C3[O-])=[N+]4CCCCCCC)=C2[O-])C(C)(C)c2cc(I)ccc21. The number of hydrogen-bond acceptors (Lipinski definition) is 6.